The second-order valence-electron chi connectivity index (χ2n) is 3.48. The van der Waals surface area contributed by atoms with Gasteiger partial charge in [0.15, 0.2) is 0 Å². The monoisotopic (exact) mass is 305 g/mol. The van der Waals surface area contributed by atoms with Crippen LogP contribution >= 0.6 is 0 Å². The average molecular weight is 305 g/mol. The van der Waals surface area contributed by atoms with Crippen molar-refractivity contribution < 1.29 is 41.0 Å². The number of aromatic amines is 1. The van der Waals surface area contributed by atoms with Crippen LogP contribution in [0.4, 0.5) is 26.3 Å². The number of ether oxygens (including phenoxy) is 1. The lowest BCUT2D eigenvalue weighted by atomic mass is 10.1. The van der Waals surface area contributed by atoms with Crippen LogP contribution in [-0.2, 0) is 17.4 Å². The number of carbonyl (C=O) groups is 1. The first-order chi connectivity index (χ1) is 8.90. The highest BCUT2D eigenvalue weighted by molar-refractivity contribution is 5.71. The summed E-state index contributed by atoms with van der Waals surface area (Å²) < 4.78 is 77.2. The maximum absolute atomic E-state index is 12.7. The molecule has 0 fully saturated rings. The van der Waals surface area contributed by atoms with Crippen molar-refractivity contribution >= 4 is 5.97 Å². The molecule has 0 bridgehead atoms. The summed E-state index contributed by atoms with van der Waals surface area (Å²) >= 11 is 0. The molecule has 1 aromatic heterocycles. The van der Waals surface area contributed by atoms with Crippen LogP contribution in [0.3, 0.4) is 0 Å². The first-order valence-electron chi connectivity index (χ1n) is 4.71. The average Bonchev–Trinajstić information content (AvgIpc) is 2.08. The van der Waals surface area contributed by atoms with E-state index in [1.807, 2.05) is 0 Å². The SMILES string of the molecule is O=C(O)Cc1cc(=O)[nH]c(OC(F)(F)F)c1C(F)(F)F. The van der Waals surface area contributed by atoms with Crippen LogP contribution in [0, 0.1) is 0 Å². The molecule has 0 spiro atoms. The van der Waals surface area contributed by atoms with Crippen LogP contribution in [-0.4, -0.2) is 22.4 Å². The normalized spacial score (nSPS) is 12.3. The Morgan fingerprint density at radius 2 is 1.80 bits per heavy atom. The van der Waals surface area contributed by atoms with Gasteiger partial charge in [0.2, 0.25) is 5.88 Å². The Hall–Kier alpha value is -2.20. The minimum absolute atomic E-state index is 0.250. The Balaban J connectivity index is 3.52. The number of alkyl halides is 6. The van der Waals surface area contributed by atoms with Crippen molar-refractivity contribution in [1.82, 2.24) is 4.98 Å². The fraction of sp³-hybridized carbons (Fsp3) is 0.333. The van der Waals surface area contributed by atoms with Crippen molar-refractivity contribution in [2.75, 3.05) is 0 Å². The Morgan fingerprint density at radius 1 is 1.25 bits per heavy atom. The van der Waals surface area contributed by atoms with E-state index in [9.17, 15) is 35.9 Å². The fourth-order valence-corrected chi connectivity index (χ4v) is 1.39. The zero-order chi connectivity index (χ0) is 15.7. The molecule has 5 nitrogen and oxygen atoms in total. The van der Waals surface area contributed by atoms with Gasteiger partial charge in [0.05, 0.1) is 6.42 Å². The lowest BCUT2D eigenvalue weighted by Gasteiger charge is -2.17. The number of nitrogens with one attached hydrogen (secondary N) is 1. The summed E-state index contributed by atoms with van der Waals surface area (Å²) in [6.45, 7) is 0. The van der Waals surface area contributed by atoms with Crippen LogP contribution in [0.25, 0.3) is 0 Å². The molecular weight excluding hydrogens is 300 g/mol. The molecule has 11 heteroatoms. The van der Waals surface area contributed by atoms with Gasteiger partial charge in [-0.3, -0.25) is 14.6 Å². The standard InChI is InChI=1S/C9H5F6NO4/c10-8(11,12)6-3(2-5(18)19)1-4(17)16-7(6)20-9(13,14)15/h1H,2H2,(H,16,17)(H,18,19). The number of hydrogen-bond donors (Lipinski definition) is 2. The fourth-order valence-electron chi connectivity index (χ4n) is 1.39. The summed E-state index contributed by atoms with van der Waals surface area (Å²) in [5.41, 5.74) is -4.47. The molecule has 1 rings (SSSR count). The molecule has 0 amide bonds. The number of hydrogen-bond acceptors (Lipinski definition) is 3. The molecule has 2 N–H and O–H groups in total. The van der Waals surface area contributed by atoms with Crippen LogP contribution in [0.2, 0.25) is 0 Å². The molecule has 112 valence electrons. The highest BCUT2D eigenvalue weighted by atomic mass is 19.4. The number of pyridine rings is 1. The molecule has 0 aliphatic heterocycles. The summed E-state index contributed by atoms with van der Waals surface area (Å²) in [4.78, 5) is 22.6. The molecule has 0 aliphatic rings. The number of H-pyrrole nitrogens is 1. The van der Waals surface area contributed by atoms with Gasteiger partial charge in [-0.25, -0.2) is 0 Å². The van der Waals surface area contributed by atoms with E-state index in [4.69, 9.17) is 5.11 Å². The van der Waals surface area contributed by atoms with Gasteiger partial charge >= 0.3 is 18.5 Å². The van der Waals surface area contributed by atoms with E-state index in [2.05, 4.69) is 4.74 Å². The molecule has 0 aromatic carbocycles. The lowest BCUT2D eigenvalue weighted by Crippen LogP contribution is -2.25. The number of carboxylic acid groups (broad SMARTS) is 1. The van der Waals surface area contributed by atoms with E-state index >= 15 is 0 Å². The predicted molar refractivity (Wildman–Crippen MR) is 50.1 cm³/mol. The molecule has 0 atom stereocenters. The van der Waals surface area contributed by atoms with Crippen LogP contribution in [0.5, 0.6) is 5.88 Å². The van der Waals surface area contributed by atoms with Gasteiger partial charge in [-0.05, 0) is 5.56 Å². The smallest absolute Gasteiger partial charge is 0.481 e. The van der Waals surface area contributed by atoms with E-state index in [0.717, 1.165) is 0 Å². The van der Waals surface area contributed by atoms with Gasteiger partial charge in [-0.15, -0.1) is 13.2 Å². The Morgan fingerprint density at radius 3 is 2.20 bits per heavy atom. The molecule has 0 saturated heterocycles. The largest absolute Gasteiger partial charge is 0.574 e. The van der Waals surface area contributed by atoms with E-state index in [0.29, 0.717) is 0 Å². The number of halogens is 6. The van der Waals surface area contributed by atoms with Gasteiger partial charge < -0.3 is 9.84 Å². The lowest BCUT2D eigenvalue weighted by molar-refractivity contribution is -0.278. The molecule has 0 unspecified atom stereocenters. The third kappa shape index (κ3) is 4.17. The third-order valence-corrected chi connectivity index (χ3v) is 1.93. The van der Waals surface area contributed by atoms with Crippen LogP contribution < -0.4 is 10.3 Å². The topological polar surface area (TPSA) is 79.4 Å². The maximum Gasteiger partial charge on any atom is 0.574 e. The molecule has 0 aliphatic carbocycles. The second kappa shape index (κ2) is 5.06. The highest BCUT2D eigenvalue weighted by Crippen LogP contribution is 2.38. The van der Waals surface area contributed by atoms with Gasteiger partial charge in [-0.1, -0.05) is 0 Å². The molecular formula is C9H5F6NO4. The van der Waals surface area contributed by atoms with Crippen molar-refractivity contribution in [3.05, 3.63) is 27.5 Å². The Kier molecular flexibility index (Phi) is 4.01. The molecule has 1 heterocycles. The Labute approximate surface area is 105 Å². The number of aliphatic carboxylic acids is 1. The zero-order valence-corrected chi connectivity index (χ0v) is 9.22. The summed E-state index contributed by atoms with van der Waals surface area (Å²) in [5, 5.41) is 8.43. The molecule has 0 saturated carbocycles. The van der Waals surface area contributed by atoms with Crippen molar-refractivity contribution in [3.8, 4) is 5.88 Å². The van der Waals surface area contributed by atoms with Gasteiger partial charge in [0, 0.05) is 6.07 Å². The van der Waals surface area contributed by atoms with Crippen molar-refractivity contribution in [2.45, 2.75) is 19.0 Å². The summed E-state index contributed by atoms with van der Waals surface area (Å²) in [5.74, 6) is -3.65. The second-order valence-corrected chi connectivity index (χ2v) is 3.48. The quantitative estimate of drug-likeness (QED) is 0.836. The minimum atomic E-state index is -5.48. The van der Waals surface area contributed by atoms with E-state index in [1.165, 1.54) is 4.98 Å². The number of aromatic nitrogens is 1. The van der Waals surface area contributed by atoms with Gasteiger partial charge in [0.1, 0.15) is 5.56 Å². The predicted octanol–water partition coefficient (Wildman–Crippen LogP) is 1.92. The first kappa shape index (κ1) is 15.9. The number of carboxylic acids is 1. The maximum atomic E-state index is 12.7. The summed E-state index contributed by atoms with van der Waals surface area (Å²) in [7, 11) is 0. The highest BCUT2D eigenvalue weighted by Gasteiger charge is 2.42. The van der Waals surface area contributed by atoms with Crippen LogP contribution in [0.15, 0.2) is 10.9 Å². The molecule has 1 aromatic rings. The van der Waals surface area contributed by atoms with Crippen molar-refractivity contribution in [3.63, 3.8) is 0 Å². The van der Waals surface area contributed by atoms with Crippen molar-refractivity contribution in [2.24, 2.45) is 0 Å². The summed E-state index contributed by atoms with van der Waals surface area (Å²) in [6, 6.07) is 0.250. The summed E-state index contributed by atoms with van der Waals surface area (Å²) in [6.07, 6.45) is -12.1. The third-order valence-electron chi connectivity index (χ3n) is 1.93. The molecule has 0 radical (unpaired) electrons. The molecule has 20 heavy (non-hydrogen) atoms. The minimum Gasteiger partial charge on any atom is -0.481 e. The van der Waals surface area contributed by atoms with Crippen molar-refractivity contribution in [1.29, 1.82) is 0 Å². The number of rotatable bonds is 3. The zero-order valence-electron chi connectivity index (χ0n) is 9.22. The van der Waals surface area contributed by atoms with Gasteiger partial charge in [-0.2, -0.15) is 13.2 Å². The first-order valence-corrected chi connectivity index (χ1v) is 4.71. The van der Waals surface area contributed by atoms with E-state index < -0.39 is 47.5 Å². The van der Waals surface area contributed by atoms with Crippen LogP contribution in [0.1, 0.15) is 11.1 Å². The van der Waals surface area contributed by atoms with E-state index in [-0.39, 0.29) is 6.07 Å². The van der Waals surface area contributed by atoms with E-state index in [1.54, 1.807) is 0 Å². The van der Waals surface area contributed by atoms with Gasteiger partial charge in [0.25, 0.3) is 5.56 Å². The Bertz CT molecular complexity index is 573.